The molecular weight excluding hydrogens is 635 g/mol. The van der Waals surface area contributed by atoms with Gasteiger partial charge < -0.3 is 0 Å². The molecule has 0 bridgehead atoms. The Hall–Kier alpha value is -4.24. The third kappa shape index (κ3) is 6.18. The van der Waals surface area contributed by atoms with E-state index in [4.69, 9.17) is 14.2 Å². The fraction of sp³-hybridized carbons (Fsp3) is 0.222. The van der Waals surface area contributed by atoms with Crippen molar-refractivity contribution in [3.8, 4) is 5.75 Å². The molecule has 0 saturated carbocycles. The number of ether oxygens (including phenoxy) is 3. The van der Waals surface area contributed by atoms with Gasteiger partial charge in [0.1, 0.15) is 0 Å². The van der Waals surface area contributed by atoms with Gasteiger partial charge in [0.15, 0.2) is 0 Å². The summed E-state index contributed by atoms with van der Waals surface area (Å²) in [4.78, 5) is 27.0. The van der Waals surface area contributed by atoms with Gasteiger partial charge in [-0.05, 0) is 0 Å². The van der Waals surface area contributed by atoms with Crippen LogP contribution in [0.2, 0.25) is 4.82 Å². The van der Waals surface area contributed by atoms with Crippen LogP contribution in [0.1, 0.15) is 28.5 Å². The van der Waals surface area contributed by atoms with Gasteiger partial charge >= 0.3 is 268 Å². The van der Waals surface area contributed by atoms with Crippen LogP contribution in [0.4, 0.5) is 0 Å². The second kappa shape index (κ2) is 13.4. The number of aromatic amines is 1. The van der Waals surface area contributed by atoms with Crippen LogP contribution >= 0.6 is 0 Å². The SMILES string of the molecule is COc1ccc(C(OC[C@H]2O[C@@H](n3cc(C)c(=O)[nH]c3=O)[C@H](O)[C@H]2[Se]c2ccccc2)(c2ccccc2)c2ccccc2)cc1. The summed E-state index contributed by atoms with van der Waals surface area (Å²) >= 11 is -0.230. The molecule has 5 aromatic rings. The van der Waals surface area contributed by atoms with Crippen molar-refractivity contribution in [3.05, 3.63) is 165 Å². The van der Waals surface area contributed by atoms with Crippen molar-refractivity contribution in [1.82, 2.24) is 9.55 Å². The number of methoxy groups -OCH3 is 1. The Labute approximate surface area is 267 Å². The quantitative estimate of drug-likeness (QED) is 0.173. The average Bonchev–Trinajstić information content (AvgIpc) is 3.38. The topological polar surface area (TPSA) is 103 Å². The van der Waals surface area contributed by atoms with E-state index in [-0.39, 0.29) is 26.4 Å². The van der Waals surface area contributed by atoms with Crippen LogP contribution in [-0.2, 0) is 15.1 Å². The van der Waals surface area contributed by atoms with Gasteiger partial charge in [0.05, 0.1) is 0 Å². The first-order valence-electron chi connectivity index (χ1n) is 14.7. The van der Waals surface area contributed by atoms with E-state index in [2.05, 4.69) is 4.98 Å². The number of H-pyrrole nitrogens is 1. The van der Waals surface area contributed by atoms with Gasteiger partial charge in [-0.1, -0.05) is 0 Å². The Kier molecular flexibility index (Phi) is 9.16. The van der Waals surface area contributed by atoms with Crippen molar-refractivity contribution in [2.24, 2.45) is 0 Å². The van der Waals surface area contributed by atoms with Crippen LogP contribution in [0.3, 0.4) is 0 Å². The number of aliphatic hydroxyl groups excluding tert-OH is 1. The minimum atomic E-state index is -1.03. The molecule has 1 fully saturated rings. The van der Waals surface area contributed by atoms with E-state index in [0.29, 0.717) is 5.56 Å². The predicted molar refractivity (Wildman–Crippen MR) is 173 cm³/mol. The number of hydrogen-bond donors (Lipinski definition) is 2. The number of aryl methyl sites for hydroxylation is 1. The number of nitrogens with zero attached hydrogens (tertiary/aromatic N) is 1. The molecule has 0 amide bonds. The number of rotatable bonds is 10. The summed E-state index contributed by atoms with van der Waals surface area (Å²) in [6.45, 7) is 1.73. The molecule has 8 nitrogen and oxygen atoms in total. The summed E-state index contributed by atoms with van der Waals surface area (Å²) in [6, 6.07) is 37.8. The van der Waals surface area contributed by atoms with E-state index in [9.17, 15) is 14.7 Å². The van der Waals surface area contributed by atoms with Gasteiger partial charge in [-0.15, -0.1) is 0 Å². The second-order valence-corrected chi connectivity index (χ2v) is 13.5. The molecule has 230 valence electrons. The summed E-state index contributed by atoms with van der Waals surface area (Å²) in [5, 5.41) is 11.7. The fourth-order valence-corrected chi connectivity index (χ4v) is 8.30. The molecule has 2 N–H and O–H groups in total. The van der Waals surface area contributed by atoms with Gasteiger partial charge in [0.2, 0.25) is 0 Å². The first-order chi connectivity index (χ1) is 21.9. The summed E-state index contributed by atoms with van der Waals surface area (Å²) in [5.74, 6) is 0.728. The Morgan fingerprint density at radius 1 is 0.844 bits per heavy atom. The van der Waals surface area contributed by atoms with E-state index in [1.54, 1.807) is 14.0 Å². The van der Waals surface area contributed by atoms with Crippen LogP contribution in [-0.4, -0.2) is 55.5 Å². The van der Waals surface area contributed by atoms with Crippen molar-refractivity contribution in [2.45, 2.75) is 35.8 Å². The molecule has 1 saturated heterocycles. The molecule has 4 atom stereocenters. The Morgan fingerprint density at radius 2 is 1.40 bits per heavy atom. The van der Waals surface area contributed by atoms with Crippen LogP contribution in [0, 0.1) is 6.92 Å². The van der Waals surface area contributed by atoms with Crippen molar-refractivity contribution in [1.29, 1.82) is 0 Å². The normalized spacial score (nSPS) is 19.8. The zero-order valence-corrected chi connectivity index (χ0v) is 26.6. The first-order valence-corrected chi connectivity index (χ1v) is 16.5. The molecule has 0 aliphatic carbocycles. The van der Waals surface area contributed by atoms with E-state index in [1.165, 1.54) is 10.8 Å². The minimum absolute atomic E-state index is 0.111. The first kappa shape index (κ1) is 30.8. The maximum atomic E-state index is 12.9. The van der Waals surface area contributed by atoms with Gasteiger partial charge in [-0.25, -0.2) is 0 Å². The van der Waals surface area contributed by atoms with Crippen LogP contribution in [0.25, 0.3) is 0 Å². The number of nitrogens with one attached hydrogen (secondary N) is 1. The zero-order chi connectivity index (χ0) is 31.4. The predicted octanol–water partition coefficient (Wildman–Crippen LogP) is 3.94. The number of aliphatic hydroxyl groups is 1. The van der Waals surface area contributed by atoms with E-state index in [1.807, 2.05) is 115 Å². The number of hydrogen-bond acceptors (Lipinski definition) is 6. The molecule has 0 spiro atoms. The van der Waals surface area contributed by atoms with Gasteiger partial charge in [-0.3, -0.25) is 0 Å². The molecule has 4 aromatic carbocycles. The van der Waals surface area contributed by atoms with Crippen molar-refractivity contribution >= 4 is 19.4 Å². The molecule has 1 aliphatic rings. The molecule has 1 aromatic heterocycles. The van der Waals surface area contributed by atoms with E-state index in [0.717, 1.165) is 26.9 Å². The van der Waals surface area contributed by atoms with Gasteiger partial charge in [0.25, 0.3) is 0 Å². The fourth-order valence-electron chi connectivity index (χ4n) is 5.79. The molecule has 45 heavy (non-hydrogen) atoms. The third-order valence-electron chi connectivity index (χ3n) is 8.07. The molecule has 0 radical (unpaired) electrons. The molecular formula is C36H34N2O6Se. The number of aromatic nitrogens is 2. The Morgan fingerprint density at radius 3 is 1.98 bits per heavy atom. The standard InChI is InChI=1S/C36H34N2O6Se/c1-24-22-38(35(41)37-33(24)40)34-31(39)32(45-29-16-10-5-11-17-29)30(44-34)23-43-36(25-12-6-3-7-13-25,26-14-8-4-9-15-26)27-18-20-28(42-2)21-19-27/h3-22,30-32,34,39H,23H2,1-2H3,(H,37,40,41)/t30-,31-,32+,34-/m1/s1. The molecule has 6 rings (SSSR count). The Balaban J connectivity index is 1.43. The maximum absolute atomic E-state index is 12.9. The van der Waals surface area contributed by atoms with E-state index >= 15 is 0 Å². The zero-order valence-electron chi connectivity index (χ0n) is 24.9. The second-order valence-electron chi connectivity index (χ2n) is 10.9. The summed E-state index contributed by atoms with van der Waals surface area (Å²) in [5.41, 5.74) is 0.960. The molecule has 2 heterocycles. The van der Waals surface area contributed by atoms with Crippen LogP contribution < -0.4 is 20.4 Å². The average molecular weight is 670 g/mol. The van der Waals surface area contributed by atoms with Crippen molar-refractivity contribution < 1.29 is 19.3 Å². The van der Waals surface area contributed by atoms with E-state index < -0.39 is 35.3 Å². The van der Waals surface area contributed by atoms with Crippen molar-refractivity contribution in [2.75, 3.05) is 13.7 Å². The molecule has 9 heteroatoms. The van der Waals surface area contributed by atoms with Crippen molar-refractivity contribution in [3.63, 3.8) is 0 Å². The summed E-state index contributed by atoms with van der Waals surface area (Å²) in [6.07, 6.45) is -1.15. The van der Waals surface area contributed by atoms with Crippen LogP contribution in [0.5, 0.6) is 5.75 Å². The van der Waals surface area contributed by atoms with Gasteiger partial charge in [0, 0.05) is 0 Å². The van der Waals surface area contributed by atoms with Crippen LogP contribution in [0.15, 0.2) is 131 Å². The summed E-state index contributed by atoms with van der Waals surface area (Å²) in [7, 11) is 1.64. The Bertz CT molecular complexity index is 1790. The summed E-state index contributed by atoms with van der Waals surface area (Å²) < 4.78 is 21.5. The molecule has 1 aliphatic heterocycles. The number of benzene rings is 4. The monoisotopic (exact) mass is 670 g/mol. The third-order valence-corrected chi connectivity index (χ3v) is 11.0. The molecule has 0 unspecified atom stereocenters. The van der Waals surface area contributed by atoms with Gasteiger partial charge in [-0.2, -0.15) is 0 Å².